The van der Waals surface area contributed by atoms with Gasteiger partial charge in [0.1, 0.15) is 19.0 Å². The molecule has 0 bridgehead atoms. The molecule has 0 aromatic heterocycles. The minimum Gasteiger partial charge on any atom is -0.497 e. The van der Waals surface area contributed by atoms with Crippen LogP contribution in [0.25, 0.3) is 10.8 Å². The van der Waals surface area contributed by atoms with Crippen LogP contribution in [-0.4, -0.2) is 49.4 Å². The molecule has 11 heteroatoms. The Bertz CT molecular complexity index is 1200. The van der Waals surface area contributed by atoms with Crippen molar-refractivity contribution in [3.63, 3.8) is 0 Å². The third-order valence-corrected chi connectivity index (χ3v) is 5.51. The van der Waals surface area contributed by atoms with Gasteiger partial charge in [0.15, 0.2) is 0 Å². The first kappa shape index (κ1) is 25.2. The van der Waals surface area contributed by atoms with E-state index in [1.165, 1.54) is 24.3 Å². The molecule has 0 radical (unpaired) electrons. The van der Waals surface area contributed by atoms with Crippen molar-refractivity contribution in [2.75, 3.05) is 38.3 Å². The molecular formula is C24H25N3O8. The topological polar surface area (TPSA) is 134 Å². The molecule has 0 saturated carbocycles. The van der Waals surface area contributed by atoms with Crippen LogP contribution in [0.4, 0.5) is 11.4 Å². The summed E-state index contributed by atoms with van der Waals surface area (Å²) in [5.41, 5.74) is 1.31. The summed E-state index contributed by atoms with van der Waals surface area (Å²) in [5, 5.41) is 22.4. The molecule has 3 rings (SSSR count). The molecule has 0 N–H and O–H groups in total. The van der Waals surface area contributed by atoms with Gasteiger partial charge in [-0.3, -0.25) is 14.9 Å². The maximum atomic E-state index is 12.7. The Morgan fingerprint density at radius 3 is 2.26 bits per heavy atom. The fourth-order valence-electron chi connectivity index (χ4n) is 3.54. The average molecular weight is 483 g/mol. The quantitative estimate of drug-likeness (QED) is 0.212. The summed E-state index contributed by atoms with van der Waals surface area (Å²) < 4.78 is 10.7. The lowest BCUT2D eigenvalue weighted by atomic mass is 9.98. The highest BCUT2D eigenvalue weighted by Crippen LogP contribution is 2.26. The number of carbonyl (C=O) groups is 1. The number of non-ortho nitro benzene ring substituents is 1. The molecule has 184 valence electrons. The van der Waals surface area contributed by atoms with Crippen molar-refractivity contribution in [2.24, 2.45) is 0 Å². The van der Waals surface area contributed by atoms with Crippen molar-refractivity contribution >= 4 is 28.1 Å². The highest BCUT2D eigenvalue weighted by atomic mass is 16.9. The number of hydrogen-bond donors (Lipinski definition) is 0. The predicted molar refractivity (Wildman–Crippen MR) is 128 cm³/mol. The third-order valence-electron chi connectivity index (χ3n) is 5.51. The molecule has 3 aromatic rings. The molecule has 0 heterocycles. The number of nitro benzene ring substituents is 1. The van der Waals surface area contributed by atoms with E-state index in [-0.39, 0.29) is 32.0 Å². The van der Waals surface area contributed by atoms with E-state index in [1.807, 2.05) is 36.4 Å². The molecule has 0 aliphatic carbocycles. The van der Waals surface area contributed by atoms with Crippen molar-refractivity contribution in [1.29, 1.82) is 0 Å². The number of hydrogen-bond acceptors (Lipinski definition) is 9. The smallest absolute Gasteiger partial charge is 0.313 e. The maximum Gasteiger partial charge on any atom is 0.313 e. The fourth-order valence-corrected chi connectivity index (χ4v) is 3.54. The second-order valence-corrected chi connectivity index (χ2v) is 7.68. The number of ether oxygens (including phenoxy) is 2. The molecule has 0 aliphatic rings. The number of rotatable bonds is 12. The van der Waals surface area contributed by atoms with Crippen LogP contribution in [0.2, 0.25) is 0 Å². The van der Waals surface area contributed by atoms with Gasteiger partial charge in [-0.05, 0) is 47.5 Å². The number of fused-ring (bicyclic) bond motifs is 1. The molecule has 0 fully saturated rings. The summed E-state index contributed by atoms with van der Waals surface area (Å²) in [7, 11) is 1.60. The second-order valence-electron chi connectivity index (χ2n) is 7.68. The highest BCUT2D eigenvalue weighted by Gasteiger charge is 2.18. The molecule has 1 unspecified atom stereocenters. The van der Waals surface area contributed by atoms with Crippen LogP contribution < -0.4 is 9.64 Å². The van der Waals surface area contributed by atoms with E-state index < -0.39 is 21.9 Å². The Kier molecular flexibility index (Phi) is 8.38. The third kappa shape index (κ3) is 6.79. The van der Waals surface area contributed by atoms with Crippen molar-refractivity contribution in [3.05, 3.63) is 86.5 Å². The Morgan fingerprint density at radius 2 is 1.60 bits per heavy atom. The summed E-state index contributed by atoms with van der Waals surface area (Å²) in [6, 6.07) is 17.1. The van der Waals surface area contributed by atoms with E-state index in [9.17, 15) is 25.0 Å². The zero-order chi connectivity index (χ0) is 25.4. The van der Waals surface area contributed by atoms with Crippen LogP contribution >= 0.6 is 0 Å². The van der Waals surface area contributed by atoms with Gasteiger partial charge in [-0.15, -0.1) is 10.1 Å². The van der Waals surface area contributed by atoms with E-state index >= 15 is 0 Å². The van der Waals surface area contributed by atoms with E-state index in [1.54, 1.807) is 18.9 Å². The number of anilines is 1. The number of methoxy groups -OCH3 is 1. The molecule has 11 nitrogen and oxygen atoms in total. The van der Waals surface area contributed by atoms with Gasteiger partial charge in [-0.2, -0.15) is 0 Å². The standard InChI is InChI=1S/C24H25N3O8/c1-17(18-3-4-20-16-23(33-2)10-5-19(20)15-18)24(28)34-13-11-25(12-14-35-27(31)32)21-6-8-22(9-7-21)26(29)30/h3-10,15-17H,11-14H2,1-2H3. The molecule has 0 saturated heterocycles. The zero-order valence-corrected chi connectivity index (χ0v) is 19.3. The lowest BCUT2D eigenvalue weighted by Gasteiger charge is -2.24. The van der Waals surface area contributed by atoms with Crippen molar-refractivity contribution in [3.8, 4) is 5.75 Å². The number of nitrogens with zero attached hydrogens (tertiary/aromatic N) is 3. The van der Waals surface area contributed by atoms with Crippen LogP contribution in [0.3, 0.4) is 0 Å². The molecule has 3 aromatic carbocycles. The van der Waals surface area contributed by atoms with Gasteiger partial charge in [0.05, 0.1) is 24.5 Å². The van der Waals surface area contributed by atoms with Gasteiger partial charge >= 0.3 is 5.97 Å². The van der Waals surface area contributed by atoms with Crippen LogP contribution in [0, 0.1) is 20.2 Å². The SMILES string of the molecule is COc1ccc2cc(C(C)C(=O)OCCN(CCO[N+](=O)[O-])c3ccc([N+](=O)[O-])cc3)ccc2c1. The Balaban J connectivity index is 1.62. The average Bonchev–Trinajstić information content (AvgIpc) is 2.86. The molecule has 35 heavy (non-hydrogen) atoms. The molecule has 0 aliphatic heterocycles. The van der Waals surface area contributed by atoms with Gasteiger partial charge in [0, 0.05) is 24.4 Å². The van der Waals surface area contributed by atoms with E-state index in [0.29, 0.717) is 5.69 Å². The number of carbonyl (C=O) groups excluding carboxylic acids is 1. The summed E-state index contributed by atoms with van der Waals surface area (Å²) in [6.07, 6.45) is 0. The van der Waals surface area contributed by atoms with Crippen LogP contribution in [0.15, 0.2) is 60.7 Å². The van der Waals surface area contributed by atoms with Gasteiger partial charge in [-0.25, -0.2) is 0 Å². The summed E-state index contributed by atoms with van der Waals surface area (Å²) in [4.78, 5) is 39.6. The first-order chi connectivity index (χ1) is 16.8. The normalized spacial score (nSPS) is 11.5. The summed E-state index contributed by atoms with van der Waals surface area (Å²) in [5.74, 6) is -0.172. The van der Waals surface area contributed by atoms with Crippen LogP contribution in [0.1, 0.15) is 18.4 Å². The highest BCUT2D eigenvalue weighted by molar-refractivity contribution is 5.86. The zero-order valence-electron chi connectivity index (χ0n) is 19.3. The Labute approximate surface area is 201 Å². The van der Waals surface area contributed by atoms with E-state index in [4.69, 9.17) is 9.47 Å². The lowest BCUT2D eigenvalue weighted by Crippen LogP contribution is -2.32. The second kappa shape index (κ2) is 11.6. The minimum absolute atomic E-state index is 0.0173. The largest absolute Gasteiger partial charge is 0.497 e. The molecule has 0 amide bonds. The first-order valence-corrected chi connectivity index (χ1v) is 10.8. The monoisotopic (exact) mass is 483 g/mol. The van der Waals surface area contributed by atoms with E-state index in [2.05, 4.69) is 4.84 Å². The molecule has 1 atom stereocenters. The van der Waals surface area contributed by atoms with Crippen LogP contribution in [-0.2, 0) is 14.4 Å². The van der Waals surface area contributed by atoms with Gasteiger partial charge in [0.2, 0.25) is 0 Å². The summed E-state index contributed by atoms with van der Waals surface area (Å²) >= 11 is 0. The lowest BCUT2D eigenvalue weighted by molar-refractivity contribution is -0.757. The number of benzene rings is 3. The van der Waals surface area contributed by atoms with Crippen molar-refractivity contribution < 1.29 is 29.1 Å². The van der Waals surface area contributed by atoms with Crippen molar-refractivity contribution in [2.45, 2.75) is 12.8 Å². The van der Waals surface area contributed by atoms with Crippen molar-refractivity contribution in [1.82, 2.24) is 0 Å². The van der Waals surface area contributed by atoms with Gasteiger partial charge in [0.25, 0.3) is 10.8 Å². The number of nitro groups is 1. The fraction of sp³-hybridized carbons (Fsp3) is 0.292. The van der Waals surface area contributed by atoms with E-state index in [0.717, 1.165) is 22.1 Å². The van der Waals surface area contributed by atoms with Crippen LogP contribution in [0.5, 0.6) is 5.75 Å². The molecular weight excluding hydrogens is 458 g/mol. The Hall–Kier alpha value is -4.41. The molecule has 0 spiro atoms. The van der Waals surface area contributed by atoms with Gasteiger partial charge < -0.3 is 19.2 Å². The number of esters is 1. The Morgan fingerprint density at radius 1 is 0.943 bits per heavy atom. The minimum atomic E-state index is -0.893. The van der Waals surface area contributed by atoms with Gasteiger partial charge in [-0.1, -0.05) is 24.3 Å². The summed E-state index contributed by atoms with van der Waals surface area (Å²) in [6.45, 7) is 1.90. The predicted octanol–water partition coefficient (Wildman–Crippen LogP) is 4.12. The maximum absolute atomic E-state index is 12.7. The first-order valence-electron chi connectivity index (χ1n) is 10.8.